The molecule has 2 aromatic heterocycles. The molecule has 0 aromatic carbocycles. The third-order valence-corrected chi connectivity index (χ3v) is 3.66. The number of pyridine rings is 2. The van der Waals surface area contributed by atoms with Gasteiger partial charge in [0.2, 0.25) is 0 Å². The number of hydrogen-bond acceptors (Lipinski definition) is 3. The first-order valence-electron chi connectivity index (χ1n) is 6.30. The maximum absolute atomic E-state index is 10.5. The fourth-order valence-corrected chi connectivity index (χ4v) is 2.64. The summed E-state index contributed by atoms with van der Waals surface area (Å²) in [5, 5.41) is 10.5. The Morgan fingerprint density at radius 1 is 1.28 bits per heavy atom. The van der Waals surface area contributed by atoms with E-state index < -0.39 is 6.10 Å². The molecular formula is C15H16N2O. The molecule has 3 rings (SSSR count). The average molecular weight is 240 g/mol. The SMILES string of the molecule is Cc1ccc(C(O)C2CCc3cccnc32)cn1. The molecule has 1 N–H and O–H groups in total. The van der Waals surface area contributed by atoms with Crippen molar-refractivity contribution in [1.29, 1.82) is 0 Å². The zero-order chi connectivity index (χ0) is 12.5. The highest BCUT2D eigenvalue weighted by atomic mass is 16.3. The largest absolute Gasteiger partial charge is 0.388 e. The number of aliphatic hydroxyl groups excluding tert-OH is 1. The van der Waals surface area contributed by atoms with Gasteiger partial charge < -0.3 is 5.11 Å². The molecule has 92 valence electrons. The predicted octanol–water partition coefficient (Wildman–Crippen LogP) is 2.55. The van der Waals surface area contributed by atoms with Crippen LogP contribution in [-0.4, -0.2) is 15.1 Å². The van der Waals surface area contributed by atoms with Crippen LogP contribution in [0.25, 0.3) is 0 Å². The van der Waals surface area contributed by atoms with Gasteiger partial charge >= 0.3 is 0 Å². The Kier molecular flexibility index (Phi) is 2.84. The smallest absolute Gasteiger partial charge is 0.0888 e. The predicted molar refractivity (Wildman–Crippen MR) is 69.2 cm³/mol. The molecular weight excluding hydrogens is 224 g/mol. The molecule has 0 aliphatic heterocycles. The fraction of sp³-hybridized carbons (Fsp3) is 0.333. The van der Waals surface area contributed by atoms with Crippen molar-refractivity contribution in [1.82, 2.24) is 9.97 Å². The molecule has 3 nitrogen and oxygen atoms in total. The first-order valence-corrected chi connectivity index (χ1v) is 6.30. The van der Waals surface area contributed by atoms with Gasteiger partial charge in [-0.2, -0.15) is 0 Å². The first-order chi connectivity index (χ1) is 8.75. The average Bonchev–Trinajstić information content (AvgIpc) is 2.82. The van der Waals surface area contributed by atoms with E-state index in [1.165, 1.54) is 5.56 Å². The van der Waals surface area contributed by atoms with Crippen LogP contribution in [0.1, 0.15) is 41.0 Å². The first kappa shape index (κ1) is 11.4. The molecule has 0 spiro atoms. The van der Waals surface area contributed by atoms with Crippen LogP contribution in [0.4, 0.5) is 0 Å². The zero-order valence-electron chi connectivity index (χ0n) is 10.4. The number of aromatic nitrogens is 2. The Labute approximate surface area is 107 Å². The van der Waals surface area contributed by atoms with Gasteiger partial charge in [-0.05, 0) is 43.0 Å². The Morgan fingerprint density at radius 2 is 2.17 bits per heavy atom. The van der Waals surface area contributed by atoms with Crippen LogP contribution in [0, 0.1) is 6.92 Å². The van der Waals surface area contributed by atoms with Crippen molar-refractivity contribution in [3.05, 3.63) is 59.2 Å². The number of nitrogens with zero attached hydrogens (tertiary/aromatic N) is 2. The molecule has 2 unspecified atom stereocenters. The van der Waals surface area contributed by atoms with Crippen molar-refractivity contribution in [3.8, 4) is 0 Å². The Morgan fingerprint density at radius 3 is 2.94 bits per heavy atom. The molecule has 0 saturated heterocycles. The summed E-state index contributed by atoms with van der Waals surface area (Å²) in [5.74, 6) is 0.103. The van der Waals surface area contributed by atoms with Gasteiger partial charge in [0.15, 0.2) is 0 Å². The van der Waals surface area contributed by atoms with Crippen LogP contribution in [0.5, 0.6) is 0 Å². The molecule has 18 heavy (non-hydrogen) atoms. The molecule has 2 atom stereocenters. The molecule has 3 heteroatoms. The van der Waals surface area contributed by atoms with E-state index in [-0.39, 0.29) is 5.92 Å². The normalized spacial score (nSPS) is 19.6. The summed E-state index contributed by atoms with van der Waals surface area (Å²) in [5.41, 5.74) is 4.16. The van der Waals surface area contributed by atoms with Crippen LogP contribution < -0.4 is 0 Å². The summed E-state index contributed by atoms with van der Waals surface area (Å²) in [6.07, 6.45) is 5.03. The highest BCUT2D eigenvalue weighted by Crippen LogP contribution is 2.39. The van der Waals surface area contributed by atoms with Gasteiger partial charge in [0.05, 0.1) is 6.10 Å². The standard InChI is InChI=1S/C15H16N2O/c1-10-4-5-12(9-17-10)15(18)13-7-6-11-3-2-8-16-14(11)13/h2-5,8-9,13,15,18H,6-7H2,1H3. The van der Waals surface area contributed by atoms with Crippen molar-refractivity contribution >= 4 is 0 Å². The molecule has 0 amide bonds. The summed E-state index contributed by atoms with van der Waals surface area (Å²) in [6.45, 7) is 1.95. The van der Waals surface area contributed by atoms with Crippen LogP contribution in [0.15, 0.2) is 36.7 Å². The van der Waals surface area contributed by atoms with Crippen molar-refractivity contribution in [2.45, 2.75) is 31.8 Å². The summed E-state index contributed by atoms with van der Waals surface area (Å²) in [4.78, 5) is 8.67. The summed E-state index contributed by atoms with van der Waals surface area (Å²) in [6, 6.07) is 7.95. The van der Waals surface area contributed by atoms with E-state index in [4.69, 9.17) is 0 Å². The zero-order valence-corrected chi connectivity index (χ0v) is 10.4. The lowest BCUT2D eigenvalue weighted by Crippen LogP contribution is -2.09. The molecule has 1 aliphatic rings. The van der Waals surface area contributed by atoms with Crippen LogP contribution in [-0.2, 0) is 6.42 Å². The van der Waals surface area contributed by atoms with Gasteiger partial charge in [-0.15, -0.1) is 0 Å². The highest BCUT2D eigenvalue weighted by molar-refractivity contribution is 5.32. The lowest BCUT2D eigenvalue weighted by Gasteiger charge is -2.18. The second kappa shape index (κ2) is 4.50. The quantitative estimate of drug-likeness (QED) is 0.877. The fourth-order valence-electron chi connectivity index (χ4n) is 2.64. The van der Waals surface area contributed by atoms with Crippen molar-refractivity contribution in [2.75, 3.05) is 0 Å². The lowest BCUT2D eigenvalue weighted by atomic mass is 9.94. The number of rotatable bonds is 2. The van der Waals surface area contributed by atoms with Gasteiger partial charge in [-0.3, -0.25) is 9.97 Å². The van der Waals surface area contributed by atoms with Gasteiger partial charge in [-0.1, -0.05) is 12.1 Å². The highest BCUT2D eigenvalue weighted by Gasteiger charge is 2.30. The van der Waals surface area contributed by atoms with Gasteiger partial charge in [0.25, 0.3) is 0 Å². The second-order valence-corrected chi connectivity index (χ2v) is 4.87. The molecule has 1 aliphatic carbocycles. The Hall–Kier alpha value is -1.74. The van der Waals surface area contributed by atoms with E-state index in [2.05, 4.69) is 16.0 Å². The van der Waals surface area contributed by atoms with E-state index >= 15 is 0 Å². The molecule has 2 heterocycles. The summed E-state index contributed by atoms with van der Waals surface area (Å²) in [7, 11) is 0. The van der Waals surface area contributed by atoms with E-state index in [9.17, 15) is 5.11 Å². The van der Waals surface area contributed by atoms with Gasteiger partial charge in [-0.25, -0.2) is 0 Å². The monoisotopic (exact) mass is 240 g/mol. The van der Waals surface area contributed by atoms with E-state index in [0.29, 0.717) is 0 Å². The summed E-state index contributed by atoms with van der Waals surface area (Å²) >= 11 is 0. The van der Waals surface area contributed by atoms with Crippen LogP contribution >= 0.6 is 0 Å². The minimum atomic E-state index is -0.505. The lowest BCUT2D eigenvalue weighted by molar-refractivity contribution is 0.143. The molecule has 0 radical (unpaired) electrons. The number of fused-ring (bicyclic) bond motifs is 1. The van der Waals surface area contributed by atoms with E-state index in [1.807, 2.05) is 25.1 Å². The third kappa shape index (κ3) is 1.91. The molecule has 2 aromatic rings. The number of aliphatic hydroxyl groups is 1. The molecule has 0 bridgehead atoms. The Balaban J connectivity index is 1.90. The molecule has 0 fully saturated rings. The van der Waals surface area contributed by atoms with Crippen molar-refractivity contribution < 1.29 is 5.11 Å². The maximum atomic E-state index is 10.5. The minimum absolute atomic E-state index is 0.103. The second-order valence-electron chi connectivity index (χ2n) is 4.87. The van der Waals surface area contributed by atoms with Crippen LogP contribution in [0.2, 0.25) is 0 Å². The van der Waals surface area contributed by atoms with E-state index in [1.54, 1.807) is 12.4 Å². The van der Waals surface area contributed by atoms with Crippen molar-refractivity contribution in [3.63, 3.8) is 0 Å². The maximum Gasteiger partial charge on any atom is 0.0888 e. The number of hydrogen-bond donors (Lipinski definition) is 1. The third-order valence-electron chi connectivity index (χ3n) is 3.66. The van der Waals surface area contributed by atoms with Crippen LogP contribution in [0.3, 0.4) is 0 Å². The summed E-state index contributed by atoms with van der Waals surface area (Å²) < 4.78 is 0. The number of aryl methyl sites for hydroxylation is 2. The van der Waals surface area contributed by atoms with E-state index in [0.717, 1.165) is 29.8 Å². The molecule has 0 saturated carbocycles. The Bertz CT molecular complexity index is 551. The van der Waals surface area contributed by atoms with Gasteiger partial charge in [0.1, 0.15) is 0 Å². The van der Waals surface area contributed by atoms with Gasteiger partial charge in [0, 0.05) is 29.7 Å². The minimum Gasteiger partial charge on any atom is -0.388 e. The van der Waals surface area contributed by atoms with Crippen molar-refractivity contribution in [2.24, 2.45) is 0 Å². The topological polar surface area (TPSA) is 46.0 Å².